The van der Waals surface area contributed by atoms with Gasteiger partial charge in [-0.3, -0.25) is 4.79 Å². The van der Waals surface area contributed by atoms with Crippen molar-refractivity contribution in [2.24, 2.45) is 0 Å². The Morgan fingerprint density at radius 1 is 1.64 bits per heavy atom. The van der Waals surface area contributed by atoms with Crippen LogP contribution < -0.4 is 0 Å². The number of hydrogen-bond acceptors (Lipinski definition) is 2. The van der Waals surface area contributed by atoms with Gasteiger partial charge in [0.2, 0.25) is 0 Å². The molecular formula is C9H16O2. The minimum Gasteiger partial charge on any atom is -0.432 e. The van der Waals surface area contributed by atoms with Crippen LogP contribution in [-0.2, 0) is 9.53 Å². The maximum absolute atomic E-state index is 10.1. The van der Waals surface area contributed by atoms with Crippen molar-refractivity contribution in [3.8, 4) is 0 Å². The van der Waals surface area contributed by atoms with Gasteiger partial charge < -0.3 is 4.74 Å². The molecule has 0 amide bonds. The van der Waals surface area contributed by atoms with Gasteiger partial charge in [0.05, 0.1) is 0 Å². The van der Waals surface area contributed by atoms with Crippen LogP contribution in [0.15, 0.2) is 25.0 Å². The number of ether oxygens (including phenoxy) is 1. The van der Waals surface area contributed by atoms with Crippen LogP contribution in [0, 0.1) is 0 Å². The molecule has 0 N–H and O–H groups in total. The van der Waals surface area contributed by atoms with E-state index in [1.54, 1.807) is 6.08 Å². The average Bonchev–Trinajstić information content (AvgIpc) is 1.88. The van der Waals surface area contributed by atoms with Gasteiger partial charge in [0.1, 0.15) is 5.76 Å². The molecular weight excluding hydrogens is 140 g/mol. The smallest absolute Gasteiger partial charge is 0.307 e. The lowest BCUT2D eigenvalue weighted by molar-refractivity contribution is -0.136. The van der Waals surface area contributed by atoms with Gasteiger partial charge in [-0.15, -0.1) is 6.58 Å². The molecule has 0 radical (unpaired) electrons. The number of rotatable bonds is 2. The zero-order chi connectivity index (χ0) is 9.28. The molecule has 0 aliphatic rings. The quantitative estimate of drug-likeness (QED) is 0.349. The number of carbonyl (C=O) groups is 1. The maximum Gasteiger partial charge on any atom is 0.307 e. The molecule has 0 aliphatic heterocycles. The largest absolute Gasteiger partial charge is 0.432 e. The zero-order valence-electron chi connectivity index (χ0n) is 7.52. The summed E-state index contributed by atoms with van der Waals surface area (Å²) in [7, 11) is 0. The summed E-state index contributed by atoms with van der Waals surface area (Å²) in [5, 5.41) is 0. The summed E-state index contributed by atoms with van der Waals surface area (Å²) in [6.07, 6.45) is 2.44. The molecule has 0 unspecified atom stereocenters. The Morgan fingerprint density at radius 2 is 2.00 bits per heavy atom. The first-order valence-corrected chi connectivity index (χ1v) is 3.51. The first kappa shape index (κ1) is 12.6. The third-order valence-electron chi connectivity index (χ3n) is 0.682. The van der Waals surface area contributed by atoms with E-state index in [-0.39, 0.29) is 5.97 Å². The molecule has 0 rings (SSSR count). The van der Waals surface area contributed by atoms with Gasteiger partial charge in [0.25, 0.3) is 0 Å². The van der Waals surface area contributed by atoms with Crippen molar-refractivity contribution in [2.45, 2.75) is 27.2 Å². The lowest BCUT2D eigenvalue weighted by Gasteiger charge is -1.98. The molecule has 2 heteroatoms. The minimum absolute atomic E-state index is 0.295. The third-order valence-corrected chi connectivity index (χ3v) is 0.682. The second-order valence-corrected chi connectivity index (χ2v) is 1.89. The Balaban J connectivity index is 0. The molecule has 2 nitrogen and oxygen atoms in total. The normalized spacial score (nSPS) is 7.18. The predicted molar refractivity (Wildman–Crippen MR) is 47.1 cm³/mol. The Labute approximate surface area is 68.6 Å². The highest BCUT2D eigenvalue weighted by molar-refractivity contribution is 5.67. The Morgan fingerprint density at radius 3 is 2.09 bits per heavy atom. The lowest BCUT2D eigenvalue weighted by Crippen LogP contribution is -1.95. The van der Waals surface area contributed by atoms with E-state index < -0.39 is 0 Å². The Bertz CT molecular complexity index is 136. The number of allylic oxidation sites excluding steroid dienone is 2. The number of carbonyl (C=O) groups excluding carboxylic acids is 1. The van der Waals surface area contributed by atoms with E-state index in [0.29, 0.717) is 12.2 Å². The molecule has 0 atom stereocenters. The molecule has 64 valence electrons. The number of hydrogen-bond donors (Lipinski definition) is 0. The monoisotopic (exact) mass is 156 g/mol. The van der Waals surface area contributed by atoms with Crippen LogP contribution in [0.25, 0.3) is 0 Å². The standard InChI is InChI=1S/C6H10O2.C3H6/c1-4-5(2)8-6(3)7;1-3-2/h2,4H2,1,3H3;3H,1H2,2H3. The lowest BCUT2D eigenvalue weighted by atomic mass is 10.4. The van der Waals surface area contributed by atoms with Gasteiger partial charge in [-0.1, -0.05) is 19.6 Å². The zero-order valence-corrected chi connectivity index (χ0v) is 7.52. The highest BCUT2D eigenvalue weighted by Gasteiger charge is 1.92. The molecule has 0 saturated carbocycles. The van der Waals surface area contributed by atoms with Crippen LogP contribution in [0.5, 0.6) is 0 Å². The van der Waals surface area contributed by atoms with E-state index >= 15 is 0 Å². The Kier molecular flexibility index (Phi) is 10.3. The molecule has 0 aromatic rings. The maximum atomic E-state index is 10.1. The van der Waals surface area contributed by atoms with Gasteiger partial charge in [0.15, 0.2) is 0 Å². The fourth-order valence-corrected chi connectivity index (χ4v) is 0.275. The average molecular weight is 156 g/mol. The van der Waals surface area contributed by atoms with Crippen molar-refractivity contribution in [3.05, 3.63) is 25.0 Å². The molecule has 11 heavy (non-hydrogen) atoms. The summed E-state index contributed by atoms with van der Waals surface area (Å²) < 4.78 is 4.57. The molecule has 0 heterocycles. The first-order chi connectivity index (χ1) is 5.08. The molecule has 0 aromatic heterocycles. The van der Waals surface area contributed by atoms with Crippen LogP contribution in [0.1, 0.15) is 27.2 Å². The summed E-state index contributed by atoms with van der Waals surface area (Å²) in [6.45, 7) is 12.0. The van der Waals surface area contributed by atoms with Crippen molar-refractivity contribution in [3.63, 3.8) is 0 Å². The summed E-state index contributed by atoms with van der Waals surface area (Å²) >= 11 is 0. The predicted octanol–water partition coefficient (Wildman–Crippen LogP) is 2.67. The molecule has 0 spiro atoms. The molecule has 0 aromatic carbocycles. The second-order valence-electron chi connectivity index (χ2n) is 1.89. The fourth-order valence-electron chi connectivity index (χ4n) is 0.275. The Hall–Kier alpha value is -1.05. The summed E-state index contributed by atoms with van der Waals surface area (Å²) in [5.74, 6) is 0.231. The van der Waals surface area contributed by atoms with Crippen LogP contribution in [0.2, 0.25) is 0 Å². The van der Waals surface area contributed by atoms with Crippen molar-refractivity contribution >= 4 is 5.97 Å². The molecule has 0 fully saturated rings. The van der Waals surface area contributed by atoms with E-state index in [4.69, 9.17) is 0 Å². The molecule has 0 aliphatic carbocycles. The number of esters is 1. The van der Waals surface area contributed by atoms with E-state index in [1.165, 1.54) is 6.92 Å². The van der Waals surface area contributed by atoms with Crippen LogP contribution in [0.4, 0.5) is 0 Å². The van der Waals surface area contributed by atoms with Crippen LogP contribution in [-0.4, -0.2) is 5.97 Å². The summed E-state index contributed by atoms with van der Waals surface area (Å²) in [4.78, 5) is 10.1. The first-order valence-electron chi connectivity index (χ1n) is 3.51. The topological polar surface area (TPSA) is 26.3 Å². The highest BCUT2D eigenvalue weighted by atomic mass is 16.5. The minimum atomic E-state index is -0.295. The summed E-state index contributed by atoms with van der Waals surface area (Å²) in [5.41, 5.74) is 0. The fraction of sp³-hybridized carbons (Fsp3) is 0.444. The van der Waals surface area contributed by atoms with E-state index in [2.05, 4.69) is 17.9 Å². The highest BCUT2D eigenvalue weighted by Crippen LogP contribution is 1.97. The molecule has 0 saturated heterocycles. The third kappa shape index (κ3) is 17.6. The van der Waals surface area contributed by atoms with Gasteiger partial charge in [-0.2, -0.15) is 0 Å². The van der Waals surface area contributed by atoms with Gasteiger partial charge in [0, 0.05) is 13.3 Å². The van der Waals surface area contributed by atoms with E-state index in [0.717, 1.165) is 0 Å². The van der Waals surface area contributed by atoms with Crippen molar-refractivity contribution in [2.75, 3.05) is 0 Å². The SMILES string of the molecule is C=C(CC)OC(C)=O.C=CC. The second kappa shape index (κ2) is 8.95. The van der Waals surface area contributed by atoms with Gasteiger partial charge in [-0.05, 0) is 6.92 Å². The van der Waals surface area contributed by atoms with Crippen molar-refractivity contribution in [1.29, 1.82) is 0 Å². The van der Waals surface area contributed by atoms with Crippen molar-refractivity contribution in [1.82, 2.24) is 0 Å². The van der Waals surface area contributed by atoms with Crippen LogP contribution in [0.3, 0.4) is 0 Å². The molecule has 0 bridgehead atoms. The van der Waals surface area contributed by atoms with Gasteiger partial charge >= 0.3 is 5.97 Å². The van der Waals surface area contributed by atoms with Crippen molar-refractivity contribution < 1.29 is 9.53 Å². The van der Waals surface area contributed by atoms with Gasteiger partial charge in [-0.25, -0.2) is 0 Å². The van der Waals surface area contributed by atoms with E-state index in [1.807, 2.05) is 13.8 Å². The van der Waals surface area contributed by atoms with Crippen LogP contribution >= 0.6 is 0 Å². The summed E-state index contributed by atoms with van der Waals surface area (Å²) in [6, 6.07) is 0. The van der Waals surface area contributed by atoms with E-state index in [9.17, 15) is 4.79 Å².